The Morgan fingerprint density at radius 1 is 1.35 bits per heavy atom. The molecule has 0 radical (unpaired) electrons. The second-order valence-electron chi connectivity index (χ2n) is 4.37. The predicted octanol–water partition coefficient (Wildman–Crippen LogP) is 2.61. The number of nitrogens with one attached hydrogen (secondary N) is 1. The Morgan fingerprint density at radius 2 is 2.05 bits per heavy atom. The summed E-state index contributed by atoms with van der Waals surface area (Å²) >= 11 is 0. The average molecular weight is 291 g/mol. The molecule has 2 rings (SSSR count). The van der Waals surface area contributed by atoms with Crippen LogP contribution in [0.5, 0.6) is 5.75 Å². The van der Waals surface area contributed by atoms with Crippen LogP contribution in [0.1, 0.15) is 18.0 Å². The van der Waals surface area contributed by atoms with Crippen molar-refractivity contribution in [2.45, 2.75) is 25.1 Å². The molecule has 1 aliphatic heterocycles. The van der Waals surface area contributed by atoms with Gasteiger partial charge in [-0.25, -0.2) is 0 Å². The molecule has 0 saturated carbocycles. The van der Waals surface area contributed by atoms with E-state index >= 15 is 0 Å². The highest BCUT2D eigenvalue weighted by atomic mass is 19.4. The summed E-state index contributed by atoms with van der Waals surface area (Å²) in [5.41, 5.74) is 0.688. The van der Waals surface area contributed by atoms with Crippen molar-refractivity contribution in [3.05, 3.63) is 29.8 Å². The topological polar surface area (TPSA) is 39.7 Å². The Balaban J connectivity index is 2.06. The van der Waals surface area contributed by atoms with Crippen molar-refractivity contribution >= 4 is 0 Å². The lowest BCUT2D eigenvalue weighted by molar-refractivity contribution is -0.274. The van der Waals surface area contributed by atoms with Gasteiger partial charge in [-0.05, 0) is 24.7 Å². The van der Waals surface area contributed by atoms with E-state index in [0.717, 1.165) is 0 Å². The second kappa shape index (κ2) is 6.43. The fourth-order valence-corrected chi connectivity index (χ4v) is 2.08. The quantitative estimate of drug-likeness (QED) is 0.905. The lowest BCUT2D eigenvalue weighted by Crippen LogP contribution is -2.23. The fraction of sp³-hybridized carbons (Fsp3) is 0.538. The van der Waals surface area contributed by atoms with Gasteiger partial charge in [0.2, 0.25) is 0 Å². The first-order valence-corrected chi connectivity index (χ1v) is 6.24. The van der Waals surface area contributed by atoms with Crippen molar-refractivity contribution in [3.63, 3.8) is 0 Å². The van der Waals surface area contributed by atoms with Gasteiger partial charge >= 0.3 is 6.36 Å². The van der Waals surface area contributed by atoms with E-state index in [0.29, 0.717) is 25.2 Å². The minimum atomic E-state index is -4.69. The summed E-state index contributed by atoms with van der Waals surface area (Å²) in [6.07, 6.45) is -4.50. The normalized spacial score (nSPS) is 18.2. The van der Waals surface area contributed by atoms with Crippen LogP contribution in [0.4, 0.5) is 13.2 Å². The molecule has 1 atom stereocenters. The SMILES string of the molecule is CNC(CC1OCCO1)c1cccc(OC(F)(F)F)c1. The maximum Gasteiger partial charge on any atom is 0.573 e. The van der Waals surface area contributed by atoms with Crippen LogP contribution in [0, 0.1) is 0 Å². The van der Waals surface area contributed by atoms with Crippen molar-refractivity contribution in [1.82, 2.24) is 5.32 Å². The summed E-state index contributed by atoms with van der Waals surface area (Å²) in [6, 6.07) is 5.72. The van der Waals surface area contributed by atoms with Crippen molar-refractivity contribution in [1.29, 1.82) is 0 Å². The molecule has 1 aliphatic rings. The van der Waals surface area contributed by atoms with Crippen LogP contribution in [0.25, 0.3) is 0 Å². The minimum absolute atomic E-state index is 0.171. The number of hydrogen-bond donors (Lipinski definition) is 1. The lowest BCUT2D eigenvalue weighted by atomic mass is 10.0. The molecule has 1 aromatic rings. The van der Waals surface area contributed by atoms with Gasteiger partial charge in [0.25, 0.3) is 0 Å². The van der Waals surface area contributed by atoms with Gasteiger partial charge in [-0.1, -0.05) is 12.1 Å². The summed E-state index contributed by atoms with van der Waals surface area (Å²) in [4.78, 5) is 0. The molecule has 1 unspecified atom stereocenters. The molecular formula is C13H16F3NO3. The van der Waals surface area contributed by atoms with Crippen LogP contribution in [-0.2, 0) is 9.47 Å². The van der Waals surface area contributed by atoms with Gasteiger partial charge in [-0.3, -0.25) is 0 Å². The number of halogens is 3. The Labute approximate surface area is 114 Å². The molecule has 1 N–H and O–H groups in total. The third-order valence-electron chi connectivity index (χ3n) is 2.96. The van der Waals surface area contributed by atoms with Gasteiger partial charge in [-0.2, -0.15) is 0 Å². The number of benzene rings is 1. The summed E-state index contributed by atoms with van der Waals surface area (Å²) in [6.45, 7) is 1.08. The number of hydrogen-bond acceptors (Lipinski definition) is 4. The molecule has 20 heavy (non-hydrogen) atoms. The third kappa shape index (κ3) is 4.36. The van der Waals surface area contributed by atoms with E-state index in [1.54, 1.807) is 13.1 Å². The number of rotatable bonds is 5. The van der Waals surface area contributed by atoms with Crippen LogP contribution in [0.3, 0.4) is 0 Å². The summed E-state index contributed by atoms with van der Waals surface area (Å²) in [5.74, 6) is -0.233. The van der Waals surface area contributed by atoms with E-state index in [1.807, 2.05) is 0 Å². The number of ether oxygens (including phenoxy) is 3. The summed E-state index contributed by atoms with van der Waals surface area (Å²) in [5, 5.41) is 3.04. The van der Waals surface area contributed by atoms with Gasteiger partial charge in [0, 0.05) is 12.5 Å². The molecule has 7 heteroatoms. The Morgan fingerprint density at radius 3 is 2.65 bits per heavy atom. The Hall–Kier alpha value is -1.31. The Kier molecular flexibility index (Phi) is 4.85. The predicted molar refractivity (Wildman–Crippen MR) is 65.2 cm³/mol. The fourth-order valence-electron chi connectivity index (χ4n) is 2.08. The smallest absolute Gasteiger partial charge is 0.406 e. The van der Waals surface area contributed by atoms with Crippen LogP contribution in [0.2, 0.25) is 0 Å². The van der Waals surface area contributed by atoms with Gasteiger partial charge < -0.3 is 19.5 Å². The van der Waals surface area contributed by atoms with Gasteiger partial charge in [0.05, 0.1) is 13.2 Å². The molecule has 0 aliphatic carbocycles. The van der Waals surface area contributed by atoms with Gasteiger partial charge in [0.1, 0.15) is 5.75 Å². The molecule has 0 spiro atoms. The van der Waals surface area contributed by atoms with E-state index in [-0.39, 0.29) is 18.1 Å². The van der Waals surface area contributed by atoms with Crippen molar-refractivity contribution in [2.24, 2.45) is 0 Å². The second-order valence-corrected chi connectivity index (χ2v) is 4.37. The largest absolute Gasteiger partial charge is 0.573 e. The lowest BCUT2D eigenvalue weighted by Gasteiger charge is -2.20. The van der Waals surface area contributed by atoms with E-state index in [9.17, 15) is 13.2 Å². The highest BCUT2D eigenvalue weighted by Gasteiger charge is 2.31. The molecule has 1 heterocycles. The maximum atomic E-state index is 12.2. The molecule has 0 bridgehead atoms. The Bertz CT molecular complexity index is 433. The maximum absolute atomic E-state index is 12.2. The zero-order valence-electron chi connectivity index (χ0n) is 10.9. The van der Waals surface area contributed by atoms with Crippen molar-refractivity contribution in [3.8, 4) is 5.75 Å². The highest BCUT2D eigenvalue weighted by molar-refractivity contribution is 5.30. The van der Waals surface area contributed by atoms with Crippen LogP contribution in [0.15, 0.2) is 24.3 Å². The van der Waals surface area contributed by atoms with E-state index in [4.69, 9.17) is 9.47 Å². The van der Waals surface area contributed by atoms with Crippen LogP contribution >= 0.6 is 0 Å². The molecule has 0 aromatic heterocycles. The molecule has 112 valence electrons. The van der Waals surface area contributed by atoms with E-state index < -0.39 is 6.36 Å². The summed E-state index contributed by atoms with van der Waals surface area (Å²) < 4.78 is 51.2. The highest BCUT2D eigenvalue weighted by Crippen LogP contribution is 2.28. The number of alkyl halides is 3. The third-order valence-corrected chi connectivity index (χ3v) is 2.96. The van der Waals surface area contributed by atoms with Crippen molar-refractivity contribution < 1.29 is 27.4 Å². The molecule has 4 nitrogen and oxygen atoms in total. The van der Waals surface area contributed by atoms with Crippen molar-refractivity contribution in [2.75, 3.05) is 20.3 Å². The average Bonchev–Trinajstić information content (AvgIpc) is 2.87. The van der Waals surface area contributed by atoms with Crippen LogP contribution < -0.4 is 10.1 Å². The monoisotopic (exact) mass is 291 g/mol. The molecular weight excluding hydrogens is 275 g/mol. The molecule has 1 aromatic carbocycles. The first-order chi connectivity index (χ1) is 9.48. The summed E-state index contributed by atoms with van der Waals surface area (Å²) in [7, 11) is 1.73. The zero-order chi connectivity index (χ0) is 14.6. The van der Waals surface area contributed by atoms with E-state index in [1.165, 1.54) is 18.2 Å². The first-order valence-electron chi connectivity index (χ1n) is 6.24. The first kappa shape index (κ1) is 15.1. The minimum Gasteiger partial charge on any atom is -0.406 e. The van der Waals surface area contributed by atoms with Gasteiger partial charge in [0.15, 0.2) is 6.29 Å². The molecule has 0 amide bonds. The van der Waals surface area contributed by atoms with Gasteiger partial charge in [-0.15, -0.1) is 13.2 Å². The molecule has 1 fully saturated rings. The molecule has 1 saturated heterocycles. The zero-order valence-corrected chi connectivity index (χ0v) is 10.9. The standard InChI is InChI=1S/C13H16F3NO3/c1-17-11(8-12-18-5-6-19-12)9-3-2-4-10(7-9)20-13(14,15)16/h2-4,7,11-12,17H,5-6,8H2,1H3. The van der Waals surface area contributed by atoms with Crippen LogP contribution in [-0.4, -0.2) is 32.9 Å². The van der Waals surface area contributed by atoms with E-state index in [2.05, 4.69) is 10.1 Å².